The van der Waals surface area contributed by atoms with Crippen molar-refractivity contribution in [1.82, 2.24) is 0 Å². The maximum Gasteiger partial charge on any atom is 0.243 e. The van der Waals surface area contributed by atoms with E-state index in [1.807, 2.05) is 0 Å². The van der Waals surface area contributed by atoms with Crippen molar-refractivity contribution >= 4 is 15.2 Å². The molecular formula is C7H18Al. The van der Waals surface area contributed by atoms with Gasteiger partial charge in [0.2, 0.25) is 15.2 Å². The molecular weight excluding hydrogens is 111 g/mol. The van der Waals surface area contributed by atoms with Crippen molar-refractivity contribution in [3.63, 3.8) is 0 Å². The Morgan fingerprint density at radius 2 is 1.12 bits per heavy atom. The van der Waals surface area contributed by atoms with E-state index in [0.717, 1.165) is 9.56 Å². The van der Waals surface area contributed by atoms with E-state index in [9.17, 15) is 0 Å². The SMILES string of the molecule is C[CH](C)[AlH][CH](C)C.[CH3]. The zero-order chi connectivity index (χ0) is 5.86. The summed E-state index contributed by atoms with van der Waals surface area (Å²) in [6, 6.07) is 0. The monoisotopic (exact) mass is 129 g/mol. The van der Waals surface area contributed by atoms with E-state index in [-0.39, 0.29) is 22.6 Å². The Bertz CT molecular complexity index is 33.7. The van der Waals surface area contributed by atoms with Gasteiger partial charge in [0.1, 0.15) is 0 Å². The lowest BCUT2D eigenvalue weighted by molar-refractivity contribution is 0.971. The molecule has 1 radical (unpaired) electrons. The van der Waals surface area contributed by atoms with E-state index in [1.165, 1.54) is 0 Å². The highest BCUT2D eigenvalue weighted by Gasteiger charge is 2.01. The van der Waals surface area contributed by atoms with Gasteiger partial charge >= 0.3 is 0 Å². The van der Waals surface area contributed by atoms with Crippen LogP contribution in [-0.2, 0) is 0 Å². The van der Waals surface area contributed by atoms with Gasteiger partial charge in [-0.3, -0.25) is 0 Å². The van der Waals surface area contributed by atoms with Crippen LogP contribution in [0.4, 0.5) is 0 Å². The molecule has 0 rings (SSSR count). The third-order valence-electron chi connectivity index (χ3n) is 0.943. The van der Waals surface area contributed by atoms with Gasteiger partial charge in [-0.1, -0.05) is 44.7 Å². The van der Waals surface area contributed by atoms with Gasteiger partial charge in [-0.25, -0.2) is 0 Å². The molecule has 0 aromatic carbocycles. The zero-order valence-corrected chi connectivity index (χ0v) is 8.28. The first-order valence-corrected chi connectivity index (χ1v) is 4.76. The lowest BCUT2D eigenvalue weighted by Crippen LogP contribution is -1.98. The molecule has 0 aliphatic heterocycles. The van der Waals surface area contributed by atoms with E-state index in [4.69, 9.17) is 0 Å². The van der Waals surface area contributed by atoms with Crippen LogP contribution in [0.1, 0.15) is 27.7 Å². The lowest BCUT2D eigenvalue weighted by atomic mass is 10.5. The Balaban J connectivity index is 0. The van der Waals surface area contributed by atoms with E-state index >= 15 is 0 Å². The highest BCUT2D eigenvalue weighted by molar-refractivity contribution is 6.38. The molecule has 0 aliphatic rings. The molecule has 49 valence electrons. The summed E-state index contributed by atoms with van der Waals surface area (Å²) in [7, 11) is 0. The minimum atomic E-state index is 0. The van der Waals surface area contributed by atoms with Crippen molar-refractivity contribution < 1.29 is 0 Å². The number of hydrogen-bond donors (Lipinski definition) is 0. The molecule has 0 saturated heterocycles. The molecule has 0 bridgehead atoms. The number of hydrogen-bond acceptors (Lipinski definition) is 0. The van der Waals surface area contributed by atoms with Crippen molar-refractivity contribution in [2.45, 2.75) is 37.3 Å². The van der Waals surface area contributed by atoms with Crippen molar-refractivity contribution in [2.75, 3.05) is 0 Å². The molecule has 0 heterocycles. The molecule has 0 fully saturated rings. The average Bonchev–Trinajstić information content (AvgIpc) is 1.27. The normalized spacial score (nSPS) is 9.25. The van der Waals surface area contributed by atoms with E-state index in [0.29, 0.717) is 0 Å². The smallest absolute Gasteiger partial charge is 0.0912 e. The molecule has 0 N–H and O–H groups in total. The van der Waals surface area contributed by atoms with E-state index in [2.05, 4.69) is 27.7 Å². The Morgan fingerprint density at radius 1 is 0.875 bits per heavy atom. The van der Waals surface area contributed by atoms with Crippen molar-refractivity contribution in [3.8, 4) is 0 Å². The molecule has 0 aliphatic carbocycles. The maximum atomic E-state index is 2.33. The van der Waals surface area contributed by atoms with Crippen molar-refractivity contribution in [2.24, 2.45) is 0 Å². The standard InChI is InChI=1S/2C3H7.CH3.Al.H/c2*1-3-2;;;/h2*3H,1-2H3;1H3;;. The molecule has 0 unspecified atom stereocenters. The van der Waals surface area contributed by atoms with Crippen LogP contribution in [-0.4, -0.2) is 15.2 Å². The third-order valence-corrected chi connectivity index (χ3v) is 2.83. The van der Waals surface area contributed by atoms with Crippen molar-refractivity contribution in [1.29, 1.82) is 0 Å². The highest BCUT2D eigenvalue weighted by atomic mass is 27.1. The van der Waals surface area contributed by atoms with Crippen LogP contribution >= 0.6 is 0 Å². The zero-order valence-electron chi connectivity index (χ0n) is 6.86. The maximum absolute atomic E-state index is 2.33. The van der Waals surface area contributed by atoms with Crippen molar-refractivity contribution in [3.05, 3.63) is 7.43 Å². The molecule has 0 nitrogen and oxygen atoms in total. The summed E-state index contributed by atoms with van der Waals surface area (Å²) in [5.74, 6) is 0. The summed E-state index contributed by atoms with van der Waals surface area (Å²) >= 11 is 0.281. The van der Waals surface area contributed by atoms with Gasteiger partial charge in [0.25, 0.3) is 0 Å². The molecule has 0 aromatic rings. The second-order valence-corrected chi connectivity index (χ2v) is 6.76. The van der Waals surface area contributed by atoms with Gasteiger partial charge in [0, 0.05) is 0 Å². The van der Waals surface area contributed by atoms with Gasteiger partial charge < -0.3 is 0 Å². The molecule has 0 amide bonds. The minimum Gasteiger partial charge on any atom is -0.0912 e. The van der Waals surface area contributed by atoms with Gasteiger partial charge in [0.15, 0.2) is 0 Å². The highest BCUT2D eigenvalue weighted by Crippen LogP contribution is 2.07. The largest absolute Gasteiger partial charge is 0.243 e. The van der Waals surface area contributed by atoms with Crippen LogP contribution in [0.15, 0.2) is 0 Å². The summed E-state index contributed by atoms with van der Waals surface area (Å²) in [5, 5.41) is 0. The van der Waals surface area contributed by atoms with Crippen LogP contribution in [0.25, 0.3) is 0 Å². The van der Waals surface area contributed by atoms with Gasteiger partial charge in [0.05, 0.1) is 0 Å². The Hall–Kier alpha value is 0.532. The minimum absolute atomic E-state index is 0. The Morgan fingerprint density at radius 3 is 1.12 bits per heavy atom. The third kappa shape index (κ3) is 9.73. The predicted octanol–water partition coefficient (Wildman–Crippen LogP) is 2.53. The van der Waals surface area contributed by atoms with Crippen LogP contribution in [0, 0.1) is 7.43 Å². The average molecular weight is 129 g/mol. The fraction of sp³-hybridized carbons (Fsp3) is 0.857. The second kappa shape index (κ2) is 5.67. The first-order valence-electron chi connectivity index (χ1n) is 3.13. The second-order valence-electron chi connectivity index (χ2n) is 3.02. The van der Waals surface area contributed by atoms with Gasteiger partial charge in [-0.15, -0.1) is 0 Å². The summed E-state index contributed by atoms with van der Waals surface area (Å²) in [5.41, 5.74) is 0. The molecule has 0 aromatic heterocycles. The van der Waals surface area contributed by atoms with Gasteiger partial charge in [-0.05, 0) is 0 Å². The fourth-order valence-electron chi connectivity index (χ4n) is 0.943. The predicted molar refractivity (Wildman–Crippen MR) is 43.8 cm³/mol. The first kappa shape index (κ1) is 11.3. The Kier molecular flexibility index (Phi) is 8.03. The molecule has 1 heteroatoms. The Labute approximate surface area is 60.4 Å². The topological polar surface area (TPSA) is 0 Å². The summed E-state index contributed by atoms with van der Waals surface area (Å²) < 4.78 is 2.03. The van der Waals surface area contributed by atoms with Crippen LogP contribution in [0.3, 0.4) is 0 Å². The summed E-state index contributed by atoms with van der Waals surface area (Å²) in [4.78, 5) is 0. The fourth-order valence-corrected chi connectivity index (χ4v) is 2.83. The van der Waals surface area contributed by atoms with Crippen LogP contribution in [0.5, 0.6) is 0 Å². The molecule has 0 spiro atoms. The molecule has 8 heavy (non-hydrogen) atoms. The molecule has 0 atom stereocenters. The first-order chi connectivity index (χ1) is 3.13. The van der Waals surface area contributed by atoms with Crippen LogP contribution in [0.2, 0.25) is 9.56 Å². The number of rotatable bonds is 2. The summed E-state index contributed by atoms with van der Waals surface area (Å²) in [6.45, 7) is 9.30. The summed E-state index contributed by atoms with van der Waals surface area (Å²) in [6.07, 6.45) is 0. The quantitative estimate of drug-likeness (QED) is 0.502. The van der Waals surface area contributed by atoms with E-state index < -0.39 is 0 Å². The van der Waals surface area contributed by atoms with E-state index in [1.54, 1.807) is 0 Å². The van der Waals surface area contributed by atoms with Gasteiger partial charge in [-0.2, -0.15) is 0 Å². The molecule has 0 saturated carbocycles. The lowest BCUT2D eigenvalue weighted by Gasteiger charge is -2.01. The van der Waals surface area contributed by atoms with Crippen LogP contribution < -0.4 is 0 Å².